The van der Waals surface area contributed by atoms with Gasteiger partial charge in [-0.05, 0) is 24.5 Å². The molecule has 0 saturated heterocycles. The highest BCUT2D eigenvalue weighted by atomic mass is 16.5. The number of rotatable bonds is 6. The van der Waals surface area contributed by atoms with Gasteiger partial charge in [-0.3, -0.25) is 4.79 Å². The van der Waals surface area contributed by atoms with Gasteiger partial charge in [0.25, 0.3) is 5.91 Å². The molecule has 2 aromatic rings. The fourth-order valence-electron chi connectivity index (χ4n) is 2.18. The van der Waals surface area contributed by atoms with Gasteiger partial charge in [0, 0.05) is 30.7 Å². The second kappa shape index (κ2) is 7.17. The maximum atomic E-state index is 12.4. The van der Waals surface area contributed by atoms with Crippen molar-refractivity contribution in [3.8, 4) is 11.4 Å². The van der Waals surface area contributed by atoms with Crippen LogP contribution in [0.1, 0.15) is 36.5 Å². The van der Waals surface area contributed by atoms with Crippen molar-refractivity contribution in [3.63, 3.8) is 0 Å². The number of nitrogens with zero attached hydrogens (tertiary/aromatic N) is 2. The average molecular weight is 303 g/mol. The maximum absolute atomic E-state index is 12.4. The van der Waals surface area contributed by atoms with E-state index in [0.29, 0.717) is 23.7 Å². The molecule has 2 N–H and O–H groups in total. The highest BCUT2D eigenvalue weighted by Crippen LogP contribution is 2.17. The predicted octanol–water partition coefficient (Wildman–Crippen LogP) is 2.18. The van der Waals surface area contributed by atoms with Gasteiger partial charge in [-0.25, -0.2) is 0 Å². The Hall–Kier alpha value is -2.21. The van der Waals surface area contributed by atoms with Crippen molar-refractivity contribution < 1.29 is 14.4 Å². The molecule has 0 aliphatic heterocycles. The van der Waals surface area contributed by atoms with Gasteiger partial charge >= 0.3 is 0 Å². The number of hydrogen-bond donors (Lipinski definition) is 2. The first kappa shape index (κ1) is 16.2. The van der Waals surface area contributed by atoms with Crippen molar-refractivity contribution in [2.24, 2.45) is 5.92 Å². The SMILES string of the molecule is Cc1nc(-c2cccc(C(=O)NC(CCO)C(C)C)c2)no1. The van der Waals surface area contributed by atoms with Crippen molar-refractivity contribution in [2.75, 3.05) is 6.61 Å². The third-order valence-electron chi connectivity index (χ3n) is 3.47. The standard InChI is InChI=1S/C16H21N3O3/c1-10(2)14(7-8-20)18-16(21)13-6-4-5-12(9-13)15-17-11(3)22-19-15/h4-6,9-10,14,20H,7-8H2,1-3H3,(H,18,21). The van der Waals surface area contributed by atoms with Gasteiger partial charge in [0.2, 0.25) is 11.7 Å². The van der Waals surface area contributed by atoms with Crippen LogP contribution in [0.2, 0.25) is 0 Å². The third kappa shape index (κ3) is 3.92. The van der Waals surface area contributed by atoms with Crippen molar-refractivity contribution in [1.82, 2.24) is 15.5 Å². The number of hydrogen-bond acceptors (Lipinski definition) is 5. The molecule has 1 aromatic heterocycles. The summed E-state index contributed by atoms with van der Waals surface area (Å²) in [6.07, 6.45) is 0.535. The van der Waals surface area contributed by atoms with Crippen LogP contribution in [0.15, 0.2) is 28.8 Å². The third-order valence-corrected chi connectivity index (χ3v) is 3.47. The van der Waals surface area contributed by atoms with Gasteiger partial charge in [-0.1, -0.05) is 31.1 Å². The molecule has 0 saturated carbocycles. The number of aryl methyl sites for hydroxylation is 1. The largest absolute Gasteiger partial charge is 0.396 e. The fourth-order valence-corrected chi connectivity index (χ4v) is 2.18. The second-order valence-corrected chi connectivity index (χ2v) is 5.55. The Balaban J connectivity index is 2.16. The Morgan fingerprint density at radius 1 is 1.41 bits per heavy atom. The van der Waals surface area contributed by atoms with Gasteiger partial charge in [-0.15, -0.1) is 0 Å². The quantitative estimate of drug-likeness (QED) is 0.854. The Labute approximate surface area is 129 Å². The number of amides is 1. The molecule has 6 nitrogen and oxygen atoms in total. The van der Waals surface area contributed by atoms with Crippen LogP contribution in [0.4, 0.5) is 0 Å². The van der Waals surface area contributed by atoms with Crippen LogP contribution in [0, 0.1) is 12.8 Å². The minimum absolute atomic E-state index is 0.0469. The summed E-state index contributed by atoms with van der Waals surface area (Å²) < 4.78 is 4.96. The lowest BCUT2D eigenvalue weighted by atomic mass is 10.0. The molecule has 2 rings (SSSR count). The average Bonchev–Trinajstić information content (AvgIpc) is 2.93. The molecule has 0 aliphatic rings. The summed E-state index contributed by atoms with van der Waals surface area (Å²) in [6.45, 7) is 5.79. The van der Waals surface area contributed by atoms with Gasteiger partial charge in [0.1, 0.15) is 0 Å². The number of carbonyl (C=O) groups is 1. The first-order valence-corrected chi connectivity index (χ1v) is 7.33. The summed E-state index contributed by atoms with van der Waals surface area (Å²) in [7, 11) is 0. The van der Waals surface area contributed by atoms with Gasteiger partial charge in [-0.2, -0.15) is 4.98 Å². The van der Waals surface area contributed by atoms with Crippen molar-refractivity contribution in [1.29, 1.82) is 0 Å². The van der Waals surface area contributed by atoms with Crippen LogP contribution >= 0.6 is 0 Å². The van der Waals surface area contributed by atoms with E-state index in [1.165, 1.54) is 0 Å². The highest BCUT2D eigenvalue weighted by Gasteiger charge is 2.17. The monoisotopic (exact) mass is 303 g/mol. The molecule has 0 radical (unpaired) electrons. The summed E-state index contributed by atoms with van der Waals surface area (Å²) in [6, 6.07) is 7.02. The summed E-state index contributed by atoms with van der Waals surface area (Å²) >= 11 is 0. The lowest BCUT2D eigenvalue weighted by Gasteiger charge is -2.21. The minimum Gasteiger partial charge on any atom is -0.396 e. The molecule has 0 spiro atoms. The Morgan fingerprint density at radius 3 is 2.77 bits per heavy atom. The van der Waals surface area contributed by atoms with Gasteiger partial charge < -0.3 is 14.9 Å². The van der Waals surface area contributed by atoms with E-state index in [0.717, 1.165) is 5.56 Å². The van der Waals surface area contributed by atoms with E-state index in [1.54, 1.807) is 25.1 Å². The topological polar surface area (TPSA) is 88.2 Å². The Bertz CT molecular complexity index is 637. The van der Waals surface area contributed by atoms with E-state index < -0.39 is 0 Å². The molecule has 118 valence electrons. The maximum Gasteiger partial charge on any atom is 0.251 e. The highest BCUT2D eigenvalue weighted by molar-refractivity contribution is 5.95. The number of benzene rings is 1. The van der Waals surface area contributed by atoms with E-state index in [-0.39, 0.29) is 24.5 Å². The van der Waals surface area contributed by atoms with Crippen LogP contribution in [0.3, 0.4) is 0 Å². The summed E-state index contributed by atoms with van der Waals surface area (Å²) in [4.78, 5) is 16.5. The molecule has 1 atom stereocenters. The lowest BCUT2D eigenvalue weighted by Crippen LogP contribution is -2.39. The summed E-state index contributed by atoms with van der Waals surface area (Å²) in [5.74, 6) is 1.02. The molecule has 0 aliphatic carbocycles. The molecular weight excluding hydrogens is 282 g/mol. The van der Waals surface area contributed by atoms with Crippen LogP contribution < -0.4 is 5.32 Å². The fraction of sp³-hybridized carbons (Fsp3) is 0.438. The van der Waals surface area contributed by atoms with Crippen molar-refractivity contribution in [3.05, 3.63) is 35.7 Å². The summed E-state index contributed by atoms with van der Waals surface area (Å²) in [5.41, 5.74) is 1.26. The molecule has 0 fully saturated rings. The molecule has 1 amide bonds. The zero-order valence-electron chi connectivity index (χ0n) is 13.0. The van der Waals surface area contributed by atoms with Crippen LogP contribution in [-0.2, 0) is 0 Å². The van der Waals surface area contributed by atoms with Crippen LogP contribution in [0.5, 0.6) is 0 Å². The molecule has 0 bridgehead atoms. The molecule has 1 heterocycles. The number of nitrogens with one attached hydrogen (secondary N) is 1. The van der Waals surface area contributed by atoms with E-state index in [9.17, 15) is 4.79 Å². The Morgan fingerprint density at radius 2 is 2.18 bits per heavy atom. The number of carbonyl (C=O) groups excluding carboxylic acids is 1. The number of aromatic nitrogens is 2. The van der Waals surface area contributed by atoms with Crippen molar-refractivity contribution >= 4 is 5.91 Å². The van der Waals surface area contributed by atoms with Crippen molar-refractivity contribution in [2.45, 2.75) is 33.2 Å². The Kier molecular flexibility index (Phi) is 5.27. The normalized spacial score (nSPS) is 12.4. The number of aliphatic hydroxyl groups is 1. The zero-order chi connectivity index (χ0) is 16.1. The van der Waals surface area contributed by atoms with E-state index >= 15 is 0 Å². The predicted molar refractivity (Wildman–Crippen MR) is 82.3 cm³/mol. The molecule has 6 heteroatoms. The summed E-state index contributed by atoms with van der Waals surface area (Å²) in [5, 5.41) is 15.9. The van der Waals surface area contributed by atoms with E-state index in [2.05, 4.69) is 15.5 Å². The molecular formula is C16H21N3O3. The van der Waals surface area contributed by atoms with Gasteiger partial charge in [0.15, 0.2) is 0 Å². The minimum atomic E-state index is -0.172. The number of aliphatic hydroxyl groups excluding tert-OH is 1. The van der Waals surface area contributed by atoms with E-state index in [1.807, 2.05) is 19.9 Å². The zero-order valence-corrected chi connectivity index (χ0v) is 13.0. The molecule has 22 heavy (non-hydrogen) atoms. The lowest BCUT2D eigenvalue weighted by molar-refractivity contribution is 0.0916. The van der Waals surface area contributed by atoms with E-state index in [4.69, 9.17) is 9.63 Å². The first-order valence-electron chi connectivity index (χ1n) is 7.33. The molecule has 1 unspecified atom stereocenters. The second-order valence-electron chi connectivity index (χ2n) is 5.55. The molecule has 1 aromatic carbocycles. The van der Waals surface area contributed by atoms with Crippen LogP contribution in [-0.4, -0.2) is 33.8 Å². The smallest absolute Gasteiger partial charge is 0.251 e. The van der Waals surface area contributed by atoms with Crippen LogP contribution in [0.25, 0.3) is 11.4 Å². The van der Waals surface area contributed by atoms with Gasteiger partial charge in [0.05, 0.1) is 0 Å². The first-order chi connectivity index (χ1) is 10.5.